The smallest absolute Gasteiger partial charge is 0.237 e. The number of nitrogens with zero attached hydrogens (tertiary/aromatic N) is 1. The summed E-state index contributed by atoms with van der Waals surface area (Å²) in [4.78, 5) is 26.6. The standard InChI is InChI=1S/C19H29N3O3/c1-19(2,14-23)21-17(24)13-16-18(25)20-10-12-22(16)11-6-9-15-7-4-3-5-8-15/h3-5,7-8,16,23H,6,9-14H2,1-2H3,(H,20,25)(H,21,24)/t16-/m0/s1. The Morgan fingerprint density at radius 3 is 2.76 bits per heavy atom. The van der Waals surface area contributed by atoms with Crippen LogP contribution in [0.3, 0.4) is 0 Å². The van der Waals surface area contributed by atoms with Gasteiger partial charge in [0.15, 0.2) is 0 Å². The number of aliphatic hydroxyl groups is 1. The zero-order chi connectivity index (χ0) is 18.3. The van der Waals surface area contributed by atoms with Crippen LogP contribution in [0.4, 0.5) is 0 Å². The van der Waals surface area contributed by atoms with E-state index in [2.05, 4.69) is 27.7 Å². The van der Waals surface area contributed by atoms with Crippen molar-refractivity contribution in [2.24, 2.45) is 0 Å². The fourth-order valence-electron chi connectivity index (χ4n) is 3.03. The molecule has 25 heavy (non-hydrogen) atoms. The third kappa shape index (κ3) is 6.14. The third-order valence-corrected chi connectivity index (χ3v) is 4.45. The monoisotopic (exact) mass is 347 g/mol. The highest BCUT2D eigenvalue weighted by atomic mass is 16.3. The van der Waals surface area contributed by atoms with Crippen LogP contribution in [0.2, 0.25) is 0 Å². The molecule has 2 rings (SSSR count). The predicted molar refractivity (Wildman–Crippen MR) is 97.1 cm³/mol. The molecule has 2 amide bonds. The maximum Gasteiger partial charge on any atom is 0.237 e. The molecule has 138 valence electrons. The van der Waals surface area contributed by atoms with Crippen molar-refractivity contribution in [3.63, 3.8) is 0 Å². The predicted octanol–water partition coefficient (Wildman–Crippen LogP) is 0.697. The van der Waals surface area contributed by atoms with Gasteiger partial charge in [0.2, 0.25) is 11.8 Å². The van der Waals surface area contributed by atoms with Crippen molar-refractivity contribution >= 4 is 11.8 Å². The van der Waals surface area contributed by atoms with Gasteiger partial charge in [-0.2, -0.15) is 0 Å². The Bertz CT molecular complexity index is 575. The van der Waals surface area contributed by atoms with E-state index in [0.29, 0.717) is 6.54 Å². The zero-order valence-corrected chi connectivity index (χ0v) is 15.1. The number of nitrogens with one attached hydrogen (secondary N) is 2. The van der Waals surface area contributed by atoms with Crippen molar-refractivity contribution < 1.29 is 14.7 Å². The number of aryl methyl sites for hydroxylation is 1. The van der Waals surface area contributed by atoms with Crippen molar-refractivity contribution in [2.75, 3.05) is 26.2 Å². The molecule has 0 unspecified atom stereocenters. The van der Waals surface area contributed by atoms with Crippen molar-refractivity contribution in [1.82, 2.24) is 15.5 Å². The van der Waals surface area contributed by atoms with Gasteiger partial charge in [-0.05, 0) is 38.8 Å². The lowest BCUT2D eigenvalue weighted by Gasteiger charge is -2.35. The van der Waals surface area contributed by atoms with Gasteiger partial charge in [-0.3, -0.25) is 14.5 Å². The minimum atomic E-state index is -0.680. The summed E-state index contributed by atoms with van der Waals surface area (Å²) in [7, 11) is 0. The van der Waals surface area contributed by atoms with Crippen LogP contribution in [0, 0.1) is 0 Å². The summed E-state index contributed by atoms with van der Waals surface area (Å²) in [5.74, 6) is -0.308. The first kappa shape index (κ1) is 19.4. The molecule has 0 aromatic heterocycles. The molecule has 1 aliphatic rings. The Labute approximate surface area is 149 Å². The summed E-state index contributed by atoms with van der Waals surface area (Å²) in [6.45, 7) is 5.51. The van der Waals surface area contributed by atoms with Gasteiger partial charge >= 0.3 is 0 Å². The molecule has 1 saturated heterocycles. The molecule has 1 aromatic carbocycles. The average molecular weight is 347 g/mol. The molecule has 6 heteroatoms. The summed E-state index contributed by atoms with van der Waals surface area (Å²) < 4.78 is 0. The van der Waals surface area contributed by atoms with Gasteiger partial charge in [0.25, 0.3) is 0 Å². The maximum absolute atomic E-state index is 12.2. The van der Waals surface area contributed by atoms with Crippen molar-refractivity contribution in [3.05, 3.63) is 35.9 Å². The van der Waals surface area contributed by atoms with Gasteiger partial charge in [0.1, 0.15) is 0 Å². The lowest BCUT2D eigenvalue weighted by Crippen LogP contribution is -2.57. The molecule has 0 saturated carbocycles. The maximum atomic E-state index is 12.2. The second kappa shape index (κ2) is 8.97. The number of aliphatic hydroxyl groups excluding tert-OH is 1. The molecule has 1 aliphatic heterocycles. The van der Waals surface area contributed by atoms with Crippen LogP contribution >= 0.6 is 0 Å². The zero-order valence-electron chi connectivity index (χ0n) is 15.1. The summed E-state index contributed by atoms with van der Waals surface area (Å²) in [6, 6.07) is 9.81. The van der Waals surface area contributed by atoms with E-state index in [1.807, 2.05) is 18.2 Å². The van der Waals surface area contributed by atoms with Crippen LogP contribution in [0.15, 0.2) is 30.3 Å². The molecular formula is C19H29N3O3. The van der Waals surface area contributed by atoms with E-state index in [0.717, 1.165) is 25.9 Å². The normalized spacial score (nSPS) is 18.7. The van der Waals surface area contributed by atoms with Crippen LogP contribution in [0.1, 0.15) is 32.3 Å². The fraction of sp³-hybridized carbons (Fsp3) is 0.579. The molecule has 1 fully saturated rings. The molecule has 1 heterocycles. The number of carbonyl (C=O) groups is 2. The quantitative estimate of drug-likeness (QED) is 0.646. The van der Waals surface area contributed by atoms with E-state index in [4.69, 9.17) is 0 Å². The molecule has 0 aliphatic carbocycles. The van der Waals surface area contributed by atoms with Crippen molar-refractivity contribution in [2.45, 2.75) is 44.7 Å². The highest BCUT2D eigenvalue weighted by molar-refractivity contribution is 5.89. The number of piperazine rings is 1. The second-order valence-corrected chi connectivity index (χ2v) is 7.23. The fourth-order valence-corrected chi connectivity index (χ4v) is 3.03. The van der Waals surface area contributed by atoms with Gasteiger partial charge in [-0.25, -0.2) is 0 Å². The number of benzene rings is 1. The molecule has 0 radical (unpaired) electrons. The van der Waals surface area contributed by atoms with Gasteiger partial charge in [-0.1, -0.05) is 30.3 Å². The first-order valence-electron chi connectivity index (χ1n) is 8.89. The Balaban J connectivity index is 1.89. The topological polar surface area (TPSA) is 81.7 Å². The van der Waals surface area contributed by atoms with E-state index >= 15 is 0 Å². The van der Waals surface area contributed by atoms with Crippen LogP contribution < -0.4 is 10.6 Å². The Kier molecular flexibility index (Phi) is 6.96. The van der Waals surface area contributed by atoms with Crippen LogP contribution in [0.5, 0.6) is 0 Å². The lowest BCUT2D eigenvalue weighted by atomic mass is 10.0. The Morgan fingerprint density at radius 1 is 1.36 bits per heavy atom. The van der Waals surface area contributed by atoms with Gasteiger partial charge in [0.05, 0.1) is 24.6 Å². The van der Waals surface area contributed by atoms with E-state index in [1.54, 1.807) is 13.8 Å². The van der Waals surface area contributed by atoms with Crippen LogP contribution in [0.25, 0.3) is 0 Å². The molecule has 1 aromatic rings. The SMILES string of the molecule is CC(C)(CO)NC(=O)C[C@H]1C(=O)NCCN1CCCc1ccccc1. The van der Waals surface area contributed by atoms with Gasteiger partial charge in [-0.15, -0.1) is 0 Å². The summed E-state index contributed by atoms with van der Waals surface area (Å²) in [6.07, 6.45) is 2.01. The first-order valence-corrected chi connectivity index (χ1v) is 8.89. The molecular weight excluding hydrogens is 318 g/mol. The van der Waals surface area contributed by atoms with Crippen LogP contribution in [-0.4, -0.2) is 59.6 Å². The minimum absolute atomic E-state index is 0.0945. The van der Waals surface area contributed by atoms with Crippen LogP contribution in [-0.2, 0) is 16.0 Å². The summed E-state index contributed by atoms with van der Waals surface area (Å²) in [5.41, 5.74) is 0.600. The summed E-state index contributed by atoms with van der Waals surface area (Å²) >= 11 is 0. The highest BCUT2D eigenvalue weighted by Crippen LogP contribution is 2.12. The third-order valence-electron chi connectivity index (χ3n) is 4.45. The molecule has 3 N–H and O–H groups in total. The molecule has 0 bridgehead atoms. The second-order valence-electron chi connectivity index (χ2n) is 7.23. The number of carbonyl (C=O) groups excluding carboxylic acids is 2. The number of hydrogen-bond acceptors (Lipinski definition) is 4. The highest BCUT2D eigenvalue weighted by Gasteiger charge is 2.32. The average Bonchev–Trinajstić information content (AvgIpc) is 2.58. The largest absolute Gasteiger partial charge is 0.394 e. The van der Waals surface area contributed by atoms with Gasteiger partial charge < -0.3 is 15.7 Å². The Morgan fingerprint density at radius 2 is 2.08 bits per heavy atom. The van der Waals surface area contributed by atoms with Crippen molar-refractivity contribution in [3.8, 4) is 0 Å². The van der Waals surface area contributed by atoms with E-state index in [1.165, 1.54) is 5.56 Å². The minimum Gasteiger partial charge on any atom is -0.394 e. The lowest BCUT2D eigenvalue weighted by molar-refractivity contribution is -0.134. The summed E-state index contributed by atoms with van der Waals surface area (Å²) in [5, 5.41) is 14.9. The van der Waals surface area contributed by atoms with E-state index in [9.17, 15) is 14.7 Å². The van der Waals surface area contributed by atoms with E-state index in [-0.39, 0.29) is 24.8 Å². The van der Waals surface area contributed by atoms with E-state index < -0.39 is 11.6 Å². The Hall–Kier alpha value is -1.92. The van der Waals surface area contributed by atoms with Crippen molar-refractivity contribution in [1.29, 1.82) is 0 Å². The molecule has 0 spiro atoms. The number of rotatable bonds is 8. The number of amides is 2. The first-order chi connectivity index (χ1) is 11.9. The molecule has 1 atom stereocenters. The number of hydrogen-bond donors (Lipinski definition) is 3. The molecule has 6 nitrogen and oxygen atoms in total. The van der Waals surface area contributed by atoms with Gasteiger partial charge in [0, 0.05) is 13.1 Å².